The predicted octanol–water partition coefficient (Wildman–Crippen LogP) is 2.97. The highest BCUT2D eigenvalue weighted by Crippen LogP contribution is 2.11. The van der Waals surface area contributed by atoms with Gasteiger partial charge in [0.15, 0.2) is 0 Å². The van der Waals surface area contributed by atoms with Crippen LogP contribution in [0.2, 0.25) is 0 Å². The molecule has 2 aromatic rings. The number of rotatable bonds is 8. The zero-order valence-corrected chi connectivity index (χ0v) is 14.9. The molecular weight excluding hydrogens is 330 g/mol. The molecule has 0 bridgehead atoms. The number of hydrogen-bond donors (Lipinski definition) is 3. The number of nitrogens with zero attached hydrogens (tertiary/aromatic N) is 2. The maximum absolute atomic E-state index is 7.71. The van der Waals surface area contributed by atoms with E-state index in [9.17, 15) is 0 Å². The first-order chi connectivity index (χ1) is 12.7. The SMILES string of the molecule is CCOc1ccc(/C=N/NC(=N)N/N=C/c2ccc(OCC)cc2)cc1. The van der Waals surface area contributed by atoms with Crippen molar-refractivity contribution in [2.45, 2.75) is 13.8 Å². The third-order valence-electron chi connectivity index (χ3n) is 3.16. The van der Waals surface area contributed by atoms with Crippen LogP contribution in [0.5, 0.6) is 11.5 Å². The van der Waals surface area contributed by atoms with E-state index in [2.05, 4.69) is 21.1 Å². The van der Waals surface area contributed by atoms with Crippen molar-refractivity contribution in [3.8, 4) is 11.5 Å². The molecule has 0 aliphatic carbocycles. The van der Waals surface area contributed by atoms with Gasteiger partial charge in [-0.1, -0.05) is 0 Å². The smallest absolute Gasteiger partial charge is 0.230 e. The summed E-state index contributed by atoms with van der Waals surface area (Å²) in [4.78, 5) is 0. The monoisotopic (exact) mass is 353 g/mol. The van der Waals surface area contributed by atoms with Gasteiger partial charge in [-0.2, -0.15) is 10.2 Å². The summed E-state index contributed by atoms with van der Waals surface area (Å²) in [7, 11) is 0. The molecule has 0 atom stereocenters. The van der Waals surface area contributed by atoms with Crippen molar-refractivity contribution in [2.24, 2.45) is 10.2 Å². The molecular formula is C19H23N5O2. The molecule has 0 unspecified atom stereocenters. The second-order valence-electron chi connectivity index (χ2n) is 5.12. The molecule has 0 saturated carbocycles. The lowest BCUT2D eigenvalue weighted by molar-refractivity contribution is 0.340. The normalized spacial score (nSPS) is 10.8. The van der Waals surface area contributed by atoms with Crippen LogP contribution in [-0.4, -0.2) is 31.6 Å². The minimum Gasteiger partial charge on any atom is -0.494 e. The van der Waals surface area contributed by atoms with Gasteiger partial charge in [0.05, 0.1) is 25.6 Å². The summed E-state index contributed by atoms with van der Waals surface area (Å²) in [6, 6.07) is 15.0. The Bertz CT molecular complexity index is 676. The van der Waals surface area contributed by atoms with Crippen molar-refractivity contribution in [3.05, 3.63) is 59.7 Å². The highest BCUT2D eigenvalue weighted by atomic mass is 16.5. The van der Waals surface area contributed by atoms with Gasteiger partial charge in [0.1, 0.15) is 11.5 Å². The number of nitrogens with one attached hydrogen (secondary N) is 3. The first-order valence-electron chi connectivity index (χ1n) is 8.33. The Labute approximate surface area is 153 Å². The number of hydrogen-bond acceptors (Lipinski definition) is 5. The van der Waals surface area contributed by atoms with Gasteiger partial charge < -0.3 is 9.47 Å². The molecule has 2 aromatic carbocycles. The van der Waals surface area contributed by atoms with Crippen LogP contribution in [0.4, 0.5) is 0 Å². The van der Waals surface area contributed by atoms with E-state index in [0.29, 0.717) is 13.2 Å². The van der Waals surface area contributed by atoms with E-state index in [1.165, 1.54) is 0 Å². The summed E-state index contributed by atoms with van der Waals surface area (Å²) >= 11 is 0. The largest absolute Gasteiger partial charge is 0.494 e. The van der Waals surface area contributed by atoms with E-state index < -0.39 is 0 Å². The zero-order chi connectivity index (χ0) is 18.6. The van der Waals surface area contributed by atoms with E-state index >= 15 is 0 Å². The lowest BCUT2D eigenvalue weighted by atomic mass is 10.2. The maximum atomic E-state index is 7.71. The Hall–Kier alpha value is -3.35. The van der Waals surface area contributed by atoms with E-state index in [4.69, 9.17) is 14.9 Å². The molecule has 136 valence electrons. The lowest BCUT2D eigenvalue weighted by Gasteiger charge is -2.03. The highest BCUT2D eigenvalue weighted by Gasteiger charge is 1.94. The van der Waals surface area contributed by atoms with Gasteiger partial charge in [-0.05, 0) is 73.5 Å². The quantitative estimate of drug-likeness (QED) is 0.386. The van der Waals surface area contributed by atoms with Gasteiger partial charge in [0.25, 0.3) is 0 Å². The van der Waals surface area contributed by atoms with Crippen LogP contribution >= 0.6 is 0 Å². The minimum atomic E-state index is -0.0330. The third-order valence-corrected chi connectivity index (χ3v) is 3.16. The van der Waals surface area contributed by atoms with Crippen molar-refractivity contribution in [3.63, 3.8) is 0 Å². The Morgan fingerprint density at radius 3 is 1.54 bits per heavy atom. The first-order valence-corrected chi connectivity index (χ1v) is 8.33. The molecule has 3 N–H and O–H groups in total. The molecule has 0 aliphatic heterocycles. The Kier molecular flexibility index (Phi) is 7.67. The Morgan fingerprint density at radius 2 is 1.19 bits per heavy atom. The maximum Gasteiger partial charge on any atom is 0.230 e. The summed E-state index contributed by atoms with van der Waals surface area (Å²) in [5.41, 5.74) is 6.91. The fraction of sp³-hybridized carbons (Fsp3) is 0.211. The molecule has 0 spiro atoms. The predicted molar refractivity (Wildman–Crippen MR) is 104 cm³/mol. The van der Waals surface area contributed by atoms with Gasteiger partial charge in [-0.3, -0.25) is 5.41 Å². The van der Waals surface area contributed by atoms with E-state index in [1.54, 1.807) is 12.4 Å². The summed E-state index contributed by atoms with van der Waals surface area (Å²) in [6.45, 7) is 5.15. The van der Waals surface area contributed by atoms with Gasteiger partial charge in [-0.25, -0.2) is 10.9 Å². The van der Waals surface area contributed by atoms with Crippen molar-refractivity contribution in [1.29, 1.82) is 5.41 Å². The number of ether oxygens (including phenoxy) is 2. The molecule has 0 radical (unpaired) electrons. The van der Waals surface area contributed by atoms with Gasteiger partial charge >= 0.3 is 0 Å². The van der Waals surface area contributed by atoms with Crippen LogP contribution < -0.4 is 20.3 Å². The fourth-order valence-corrected chi connectivity index (χ4v) is 2.00. The highest BCUT2D eigenvalue weighted by molar-refractivity contribution is 5.84. The second kappa shape index (κ2) is 10.5. The molecule has 0 fully saturated rings. The topological polar surface area (TPSA) is 91.1 Å². The molecule has 26 heavy (non-hydrogen) atoms. The molecule has 0 heterocycles. The molecule has 0 aromatic heterocycles. The van der Waals surface area contributed by atoms with Crippen LogP contribution in [0.25, 0.3) is 0 Å². The average molecular weight is 353 g/mol. The van der Waals surface area contributed by atoms with Crippen molar-refractivity contribution in [2.75, 3.05) is 13.2 Å². The summed E-state index contributed by atoms with van der Waals surface area (Å²) in [6.07, 6.45) is 3.23. The second-order valence-corrected chi connectivity index (χ2v) is 5.12. The van der Waals surface area contributed by atoms with Crippen LogP contribution in [0, 0.1) is 5.41 Å². The van der Waals surface area contributed by atoms with Crippen molar-refractivity contribution in [1.82, 2.24) is 10.9 Å². The van der Waals surface area contributed by atoms with Gasteiger partial charge in [-0.15, -0.1) is 0 Å². The minimum absolute atomic E-state index is 0.0330. The van der Waals surface area contributed by atoms with E-state index in [0.717, 1.165) is 22.6 Å². The number of guanidine groups is 1. The van der Waals surface area contributed by atoms with Gasteiger partial charge in [0, 0.05) is 0 Å². The summed E-state index contributed by atoms with van der Waals surface area (Å²) in [5.74, 6) is 1.60. The number of benzene rings is 2. The van der Waals surface area contributed by atoms with Crippen molar-refractivity contribution < 1.29 is 9.47 Å². The van der Waals surface area contributed by atoms with Crippen molar-refractivity contribution >= 4 is 18.4 Å². The number of hydrazone groups is 2. The first kappa shape index (κ1) is 19.0. The molecule has 7 heteroatoms. The third kappa shape index (κ3) is 6.64. The van der Waals surface area contributed by atoms with E-state index in [-0.39, 0.29) is 5.96 Å². The molecule has 7 nitrogen and oxygen atoms in total. The zero-order valence-electron chi connectivity index (χ0n) is 14.9. The molecule has 2 rings (SSSR count). The molecule has 0 aliphatic rings. The standard InChI is InChI=1S/C19H23N5O2/c1-3-25-17-9-5-15(6-10-17)13-21-23-19(20)24-22-14-16-7-11-18(12-8-16)26-4-2/h5-14H,3-4H2,1-2H3,(H3,20,23,24)/b21-13+,22-14+. The summed E-state index contributed by atoms with van der Waals surface area (Å²) < 4.78 is 10.8. The molecule has 0 amide bonds. The van der Waals surface area contributed by atoms with Crippen LogP contribution in [0.1, 0.15) is 25.0 Å². The van der Waals surface area contributed by atoms with Crippen LogP contribution in [0.3, 0.4) is 0 Å². The van der Waals surface area contributed by atoms with E-state index in [1.807, 2.05) is 62.4 Å². The molecule has 0 saturated heterocycles. The average Bonchev–Trinajstić information content (AvgIpc) is 2.65. The van der Waals surface area contributed by atoms with Gasteiger partial charge in [0.2, 0.25) is 5.96 Å². The summed E-state index contributed by atoms with van der Waals surface area (Å²) in [5, 5.41) is 15.7. The Morgan fingerprint density at radius 1 is 0.808 bits per heavy atom. The Balaban J connectivity index is 1.75. The lowest BCUT2D eigenvalue weighted by Crippen LogP contribution is -2.29. The van der Waals surface area contributed by atoms with Crippen LogP contribution in [0.15, 0.2) is 58.7 Å². The van der Waals surface area contributed by atoms with Crippen LogP contribution in [-0.2, 0) is 0 Å². The fourth-order valence-electron chi connectivity index (χ4n) is 2.00.